The van der Waals surface area contributed by atoms with Crippen molar-refractivity contribution < 1.29 is 16.8 Å². The van der Waals surface area contributed by atoms with Gasteiger partial charge in [0.05, 0.1) is 0 Å². The van der Waals surface area contributed by atoms with E-state index in [1.165, 1.54) is 0 Å². The van der Waals surface area contributed by atoms with Gasteiger partial charge in [-0.05, 0) is 0 Å². The summed E-state index contributed by atoms with van der Waals surface area (Å²) in [6, 6.07) is 13.3. The Balaban J connectivity index is 2.03. The average Bonchev–Trinajstić information content (AvgIpc) is 2.72. The monoisotopic (exact) mass is 610 g/mol. The van der Waals surface area contributed by atoms with Crippen molar-refractivity contribution in [2.45, 2.75) is 72.4 Å². The van der Waals surface area contributed by atoms with Crippen molar-refractivity contribution in [2.24, 2.45) is 11.8 Å². The Morgan fingerprint density at radius 3 is 1.21 bits per heavy atom. The second kappa shape index (κ2) is 12.1. The maximum absolute atomic E-state index is 12.8. The standard InChI is InChI=1S/C24H36N2O4S2Te/c1-17(2)23(25-31(27,28)21-11-7-19(5)8-12-21)15-33-16-24(18(3)4)26-32(29,30)22-13-9-20(6)10-14-22/h7-14,17-18,23-26H,15-16H2,1-6H3/t23-,24-/m1/s1. The van der Waals surface area contributed by atoms with Gasteiger partial charge in [0.1, 0.15) is 0 Å². The van der Waals surface area contributed by atoms with Crippen LogP contribution >= 0.6 is 0 Å². The molecule has 0 heterocycles. The molecule has 0 aromatic heterocycles. The molecular formula is C24H36N2O4S2Te. The third kappa shape index (κ3) is 8.65. The summed E-state index contributed by atoms with van der Waals surface area (Å²) < 4.78 is 58.6. The molecule has 6 nitrogen and oxygen atoms in total. The molecule has 0 saturated carbocycles. The molecule has 2 rings (SSSR count). The van der Waals surface area contributed by atoms with E-state index in [0.29, 0.717) is 0 Å². The molecule has 0 saturated heterocycles. The third-order valence-electron chi connectivity index (χ3n) is 5.48. The van der Waals surface area contributed by atoms with Crippen molar-refractivity contribution in [1.82, 2.24) is 9.44 Å². The van der Waals surface area contributed by atoms with Gasteiger partial charge in [-0.1, -0.05) is 0 Å². The van der Waals surface area contributed by atoms with Gasteiger partial charge in [0, 0.05) is 0 Å². The predicted octanol–water partition coefficient (Wildman–Crippen LogP) is 4.15. The van der Waals surface area contributed by atoms with Gasteiger partial charge < -0.3 is 0 Å². The van der Waals surface area contributed by atoms with Crippen LogP contribution in [0.5, 0.6) is 0 Å². The Morgan fingerprint density at radius 2 is 0.939 bits per heavy atom. The van der Waals surface area contributed by atoms with Crippen LogP contribution in [0.15, 0.2) is 58.3 Å². The zero-order valence-corrected chi connectivity index (χ0v) is 24.2. The Hall–Kier alpha value is -0.950. The van der Waals surface area contributed by atoms with Crippen molar-refractivity contribution in [3.05, 3.63) is 59.7 Å². The molecule has 33 heavy (non-hydrogen) atoms. The van der Waals surface area contributed by atoms with Crippen molar-refractivity contribution in [2.75, 3.05) is 0 Å². The Kier molecular flexibility index (Phi) is 10.4. The number of aryl methyl sites for hydroxylation is 2. The van der Waals surface area contributed by atoms with E-state index in [1.807, 2.05) is 41.5 Å². The van der Waals surface area contributed by atoms with E-state index in [4.69, 9.17) is 0 Å². The van der Waals surface area contributed by atoms with E-state index in [2.05, 4.69) is 9.44 Å². The zero-order chi connectivity index (χ0) is 24.8. The first-order valence-corrected chi connectivity index (χ1v) is 17.3. The third-order valence-corrected chi connectivity index (χ3v) is 11.9. The van der Waals surface area contributed by atoms with Crippen LogP contribution in [0.3, 0.4) is 0 Å². The van der Waals surface area contributed by atoms with Crippen LogP contribution in [0.25, 0.3) is 0 Å². The molecular weight excluding hydrogens is 572 g/mol. The van der Waals surface area contributed by atoms with Gasteiger partial charge >= 0.3 is 211 Å². The van der Waals surface area contributed by atoms with E-state index in [1.54, 1.807) is 48.5 Å². The summed E-state index contributed by atoms with van der Waals surface area (Å²) in [5, 5.41) is 0. The van der Waals surface area contributed by atoms with E-state index in [0.717, 1.165) is 20.1 Å². The Labute approximate surface area is 210 Å². The first-order chi connectivity index (χ1) is 15.3. The van der Waals surface area contributed by atoms with E-state index < -0.39 is 41.0 Å². The first kappa shape index (κ1) is 28.3. The molecule has 0 spiro atoms. The summed E-state index contributed by atoms with van der Waals surface area (Å²) in [6.45, 7) is 11.9. The van der Waals surface area contributed by atoms with Gasteiger partial charge in [-0.25, -0.2) is 0 Å². The van der Waals surface area contributed by atoms with Crippen LogP contribution in [0.2, 0.25) is 8.94 Å². The minimum atomic E-state index is -3.60. The molecule has 0 aliphatic carbocycles. The Morgan fingerprint density at radius 1 is 0.636 bits per heavy atom. The zero-order valence-electron chi connectivity index (χ0n) is 20.2. The maximum atomic E-state index is 12.8. The number of benzene rings is 2. The number of nitrogens with one attached hydrogen (secondary N) is 2. The molecule has 184 valence electrons. The summed E-state index contributed by atoms with van der Waals surface area (Å²) in [6.07, 6.45) is 0. The van der Waals surface area contributed by atoms with Crippen molar-refractivity contribution in [1.29, 1.82) is 0 Å². The van der Waals surface area contributed by atoms with E-state index >= 15 is 0 Å². The molecule has 2 aromatic rings. The fraction of sp³-hybridized carbons (Fsp3) is 0.500. The number of sulfonamides is 2. The Bertz CT molecular complexity index is 1010. The van der Waals surface area contributed by atoms with Crippen LogP contribution in [-0.2, 0) is 20.0 Å². The topological polar surface area (TPSA) is 92.3 Å². The second-order valence-electron chi connectivity index (χ2n) is 9.11. The summed E-state index contributed by atoms with van der Waals surface area (Å²) in [5.41, 5.74) is 2.02. The minimum absolute atomic E-state index is 0.136. The van der Waals surface area contributed by atoms with Crippen LogP contribution in [0.1, 0.15) is 38.8 Å². The van der Waals surface area contributed by atoms with Gasteiger partial charge in [0.25, 0.3) is 0 Å². The van der Waals surface area contributed by atoms with Crippen LogP contribution in [0, 0.1) is 25.7 Å². The molecule has 9 heteroatoms. The van der Waals surface area contributed by atoms with Gasteiger partial charge in [0.15, 0.2) is 0 Å². The van der Waals surface area contributed by atoms with Crippen molar-refractivity contribution in [3.8, 4) is 0 Å². The number of rotatable bonds is 12. The van der Waals surface area contributed by atoms with Crippen molar-refractivity contribution >= 4 is 41.0 Å². The van der Waals surface area contributed by atoms with Gasteiger partial charge in [0.2, 0.25) is 0 Å². The predicted molar refractivity (Wildman–Crippen MR) is 136 cm³/mol. The number of hydrogen-bond acceptors (Lipinski definition) is 4. The molecule has 2 N–H and O–H groups in total. The SMILES string of the molecule is Cc1ccc(S(=O)(=O)N[C@H](C[Te]C[C@@H](NS(=O)(=O)c2ccc(C)cc2)C(C)C)C(C)C)cc1. The molecule has 0 bridgehead atoms. The fourth-order valence-corrected chi connectivity index (χ4v) is 11.0. The van der Waals surface area contributed by atoms with Gasteiger partial charge in [-0.15, -0.1) is 0 Å². The summed E-state index contributed by atoms with van der Waals surface area (Å²) >= 11 is -0.642. The van der Waals surface area contributed by atoms with E-state index in [-0.39, 0.29) is 33.7 Å². The van der Waals surface area contributed by atoms with E-state index in [9.17, 15) is 16.8 Å². The summed E-state index contributed by atoms with van der Waals surface area (Å²) in [5.74, 6) is 0.272. The molecule has 0 aliphatic heterocycles. The summed E-state index contributed by atoms with van der Waals surface area (Å²) in [4.78, 5) is 0.538. The number of hydrogen-bond donors (Lipinski definition) is 2. The van der Waals surface area contributed by atoms with Gasteiger partial charge in [-0.3, -0.25) is 0 Å². The van der Waals surface area contributed by atoms with Gasteiger partial charge in [-0.2, -0.15) is 0 Å². The molecule has 0 unspecified atom stereocenters. The summed E-state index contributed by atoms with van der Waals surface area (Å²) in [7, 11) is -7.19. The van der Waals surface area contributed by atoms with Crippen LogP contribution in [0.4, 0.5) is 0 Å². The molecule has 0 radical (unpaired) electrons. The molecule has 0 fully saturated rings. The normalized spacial score (nSPS) is 14.5. The van der Waals surface area contributed by atoms with Crippen molar-refractivity contribution in [3.63, 3.8) is 0 Å². The molecule has 2 aromatic carbocycles. The quantitative estimate of drug-likeness (QED) is 0.355. The first-order valence-electron chi connectivity index (χ1n) is 11.1. The molecule has 0 aliphatic rings. The van der Waals surface area contributed by atoms with Crippen LogP contribution < -0.4 is 9.44 Å². The fourth-order valence-electron chi connectivity index (χ4n) is 3.02. The second-order valence-corrected chi connectivity index (χ2v) is 15.6. The molecule has 0 amide bonds. The average molecular weight is 608 g/mol. The van der Waals surface area contributed by atoms with Crippen LogP contribution in [-0.4, -0.2) is 49.8 Å². The molecule has 2 atom stereocenters.